The summed E-state index contributed by atoms with van der Waals surface area (Å²) < 4.78 is 10.5. The molecule has 2 rings (SSSR count). The summed E-state index contributed by atoms with van der Waals surface area (Å²) in [5.74, 6) is 1.46. The van der Waals surface area contributed by atoms with Crippen molar-refractivity contribution in [2.24, 2.45) is 0 Å². The van der Waals surface area contributed by atoms with Gasteiger partial charge in [-0.25, -0.2) is 0 Å². The number of hydrogen-bond acceptors (Lipinski definition) is 4. The highest BCUT2D eigenvalue weighted by atomic mass is 35.5. The van der Waals surface area contributed by atoms with Crippen molar-refractivity contribution >= 4 is 18.3 Å². The lowest BCUT2D eigenvalue weighted by Crippen LogP contribution is -2.29. The van der Waals surface area contributed by atoms with E-state index in [1.165, 1.54) is 12.8 Å². The van der Waals surface area contributed by atoms with Crippen molar-refractivity contribution < 1.29 is 14.3 Å². The van der Waals surface area contributed by atoms with Gasteiger partial charge in [0.15, 0.2) is 11.5 Å². The fourth-order valence-electron chi connectivity index (χ4n) is 2.83. The third-order valence-corrected chi connectivity index (χ3v) is 4.17. The highest BCUT2D eigenvalue weighted by Gasteiger charge is 2.17. The van der Waals surface area contributed by atoms with Crippen LogP contribution in [0.1, 0.15) is 44.2 Å². The summed E-state index contributed by atoms with van der Waals surface area (Å²) in [5.41, 5.74) is 1.00. The van der Waals surface area contributed by atoms with Crippen LogP contribution in [-0.4, -0.2) is 32.7 Å². The van der Waals surface area contributed by atoms with Crippen LogP contribution in [0.25, 0.3) is 0 Å². The molecule has 0 aliphatic carbocycles. The molecule has 2 N–H and O–H groups in total. The highest BCUT2D eigenvalue weighted by Crippen LogP contribution is 2.29. The highest BCUT2D eigenvalue weighted by molar-refractivity contribution is 5.85. The summed E-state index contributed by atoms with van der Waals surface area (Å²) >= 11 is 0. The molecule has 23 heavy (non-hydrogen) atoms. The first-order valence-corrected chi connectivity index (χ1v) is 7.88. The number of amides is 1. The van der Waals surface area contributed by atoms with E-state index in [2.05, 4.69) is 10.6 Å². The predicted octanol–water partition coefficient (Wildman–Crippen LogP) is 2.84. The maximum Gasteiger partial charge on any atom is 0.220 e. The smallest absolute Gasteiger partial charge is 0.220 e. The average Bonchev–Trinajstić information content (AvgIpc) is 3.05. The summed E-state index contributed by atoms with van der Waals surface area (Å²) in [6.07, 6.45) is 3.87. The normalized spacial score (nSPS) is 18.0. The number of carbonyl (C=O) groups is 1. The molecule has 1 aromatic carbocycles. The number of benzene rings is 1. The minimum absolute atomic E-state index is 0. The Morgan fingerprint density at radius 3 is 2.70 bits per heavy atom. The summed E-state index contributed by atoms with van der Waals surface area (Å²) in [4.78, 5) is 12.1. The first kappa shape index (κ1) is 19.6. The molecule has 5 nitrogen and oxygen atoms in total. The second kappa shape index (κ2) is 9.63. The number of halogens is 1. The van der Waals surface area contributed by atoms with Crippen LogP contribution < -0.4 is 20.1 Å². The van der Waals surface area contributed by atoms with Crippen molar-refractivity contribution in [2.45, 2.75) is 44.7 Å². The molecular weight excluding hydrogens is 316 g/mol. The molecule has 2 atom stereocenters. The maximum atomic E-state index is 12.1. The van der Waals surface area contributed by atoms with Crippen molar-refractivity contribution in [3.05, 3.63) is 23.8 Å². The topological polar surface area (TPSA) is 59.6 Å². The second-order valence-electron chi connectivity index (χ2n) is 5.74. The third kappa shape index (κ3) is 5.59. The molecule has 1 saturated heterocycles. The Labute approximate surface area is 144 Å². The number of hydrogen-bond donors (Lipinski definition) is 2. The lowest BCUT2D eigenvalue weighted by molar-refractivity contribution is -0.121. The second-order valence-corrected chi connectivity index (χ2v) is 5.74. The van der Waals surface area contributed by atoms with Gasteiger partial charge in [0.05, 0.1) is 20.3 Å². The lowest BCUT2D eigenvalue weighted by Gasteiger charge is -2.17. The zero-order valence-electron chi connectivity index (χ0n) is 14.1. The number of rotatable bonds is 7. The van der Waals surface area contributed by atoms with Gasteiger partial charge in [0, 0.05) is 12.5 Å². The van der Waals surface area contributed by atoms with Crippen molar-refractivity contribution in [1.29, 1.82) is 0 Å². The summed E-state index contributed by atoms with van der Waals surface area (Å²) in [7, 11) is 3.22. The number of nitrogens with one attached hydrogen (secondary N) is 2. The largest absolute Gasteiger partial charge is 0.493 e. The molecule has 130 valence electrons. The fourth-order valence-corrected chi connectivity index (χ4v) is 2.83. The number of methoxy groups -OCH3 is 2. The van der Waals surface area contributed by atoms with Gasteiger partial charge in [0.2, 0.25) is 5.91 Å². The minimum atomic E-state index is -0.0520. The molecule has 1 fully saturated rings. The zero-order valence-corrected chi connectivity index (χ0v) is 14.9. The van der Waals surface area contributed by atoms with Gasteiger partial charge >= 0.3 is 0 Å². The standard InChI is InChI=1S/C17H26N2O3.ClH/c1-12(13-6-8-15(21-2)16(11-13)22-3)19-17(20)9-7-14-5-4-10-18-14;/h6,8,11-12,14,18H,4-5,7,9-10H2,1-3H3,(H,19,20);1H. The van der Waals surface area contributed by atoms with Gasteiger partial charge in [-0.15, -0.1) is 12.4 Å². The monoisotopic (exact) mass is 342 g/mol. The van der Waals surface area contributed by atoms with E-state index in [4.69, 9.17) is 9.47 Å². The molecule has 6 heteroatoms. The van der Waals surface area contributed by atoms with E-state index < -0.39 is 0 Å². The van der Waals surface area contributed by atoms with Crippen molar-refractivity contribution in [1.82, 2.24) is 10.6 Å². The van der Waals surface area contributed by atoms with E-state index >= 15 is 0 Å². The molecule has 0 bridgehead atoms. The van der Waals surface area contributed by atoms with Gasteiger partial charge in [-0.3, -0.25) is 4.79 Å². The Balaban J connectivity index is 0.00000264. The van der Waals surface area contributed by atoms with E-state index in [1.54, 1.807) is 14.2 Å². The number of ether oxygens (including phenoxy) is 2. The molecule has 1 amide bonds. The van der Waals surface area contributed by atoms with Crippen LogP contribution in [0.2, 0.25) is 0 Å². The van der Waals surface area contributed by atoms with E-state index in [1.807, 2.05) is 25.1 Å². The summed E-state index contributed by atoms with van der Waals surface area (Å²) in [6, 6.07) is 6.16. The average molecular weight is 343 g/mol. The van der Waals surface area contributed by atoms with Gasteiger partial charge in [0.1, 0.15) is 0 Å². The molecule has 0 saturated carbocycles. The first-order valence-electron chi connectivity index (χ1n) is 7.88. The predicted molar refractivity (Wildman–Crippen MR) is 93.6 cm³/mol. The van der Waals surface area contributed by atoms with Crippen LogP contribution in [0, 0.1) is 0 Å². The van der Waals surface area contributed by atoms with E-state index in [0.29, 0.717) is 24.0 Å². The lowest BCUT2D eigenvalue weighted by atomic mass is 10.1. The van der Waals surface area contributed by atoms with Crippen LogP contribution in [0.15, 0.2) is 18.2 Å². The molecule has 1 aromatic rings. The molecule has 1 aliphatic heterocycles. The van der Waals surface area contributed by atoms with Crippen LogP contribution >= 0.6 is 12.4 Å². The Hall–Kier alpha value is -1.46. The molecule has 1 aliphatic rings. The summed E-state index contributed by atoms with van der Waals surface area (Å²) in [5, 5.41) is 6.46. The molecule has 0 spiro atoms. The van der Waals surface area contributed by atoms with Crippen molar-refractivity contribution in [2.75, 3.05) is 20.8 Å². The van der Waals surface area contributed by atoms with E-state index in [0.717, 1.165) is 18.5 Å². The van der Waals surface area contributed by atoms with Crippen LogP contribution in [0.3, 0.4) is 0 Å². The van der Waals surface area contributed by atoms with Gasteiger partial charge in [-0.05, 0) is 50.4 Å². The van der Waals surface area contributed by atoms with Crippen molar-refractivity contribution in [3.8, 4) is 11.5 Å². The Morgan fingerprint density at radius 1 is 1.35 bits per heavy atom. The molecule has 0 radical (unpaired) electrons. The van der Waals surface area contributed by atoms with Crippen LogP contribution in [0.5, 0.6) is 11.5 Å². The SMILES string of the molecule is COc1ccc(C(C)NC(=O)CCC2CCCN2)cc1OC.Cl. The fraction of sp³-hybridized carbons (Fsp3) is 0.588. The Morgan fingerprint density at radius 2 is 2.09 bits per heavy atom. The molecular formula is C17H27ClN2O3. The maximum absolute atomic E-state index is 12.1. The zero-order chi connectivity index (χ0) is 15.9. The number of carbonyl (C=O) groups excluding carboxylic acids is 1. The molecule has 1 heterocycles. The van der Waals surface area contributed by atoms with E-state index in [-0.39, 0.29) is 24.4 Å². The van der Waals surface area contributed by atoms with Gasteiger partial charge in [0.25, 0.3) is 0 Å². The van der Waals surface area contributed by atoms with Gasteiger partial charge < -0.3 is 20.1 Å². The van der Waals surface area contributed by atoms with Gasteiger partial charge in [-0.1, -0.05) is 6.07 Å². The Bertz CT molecular complexity index is 505. The summed E-state index contributed by atoms with van der Waals surface area (Å²) in [6.45, 7) is 3.06. The van der Waals surface area contributed by atoms with Crippen LogP contribution in [-0.2, 0) is 4.79 Å². The minimum Gasteiger partial charge on any atom is -0.493 e. The van der Waals surface area contributed by atoms with Crippen molar-refractivity contribution in [3.63, 3.8) is 0 Å². The molecule has 0 aromatic heterocycles. The van der Waals surface area contributed by atoms with E-state index in [9.17, 15) is 4.79 Å². The quantitative estimate of drug-likeness (QED) is 0.800. The molecule has 2 unspecified atom stereocenters. The van der Waals surface area contributed by atoms with Crippen LogP contribution in [0.4, 0.5) is 0 Å². The Kier molecular flexibility index (Phi) is 8.20. The third-order valence-electron chi connectivity index (χ3n) is 4.17. The first-order chi connectivity index (χ1) is 10.6. The van der Waals surface area contributed by atoms with Gasteiger partial charge in [-0.2, -0.15) is 0 Å².